The van der Waals surface area contributed by atoms with Crippen molar-refractivity contribution in [3.8, 4) is 11.8 Å². The standard InChI is InChI=1S/C18H20O3/c1-4-6-8-14-17(21-18(19)20-3)16(11-5-2)15-12-9-7-10-13-15/h4-7,9-10,12-13,16-17H,2,11H2,1,3H3. The molecular weight excluding hydrogens is 264 g/mol. The molecule has 0 aliphatic heterocycles. The maximum absolute atomic E-state index is 11.4. The molecule has 2 unspecified atom stereocenters. The van der Waals surface area contributed by atoms with Gasteiger partial charge >= 0.3 is 6.16 Å². The van der Waals surface area contributed by atoms with E-state index in [0.717, 1.165) is 5.56 Å². The fraction of sp³-hybridized carbons (Fsp3) is 0.278. The highest BCUT2D eigenvalue weighted by molar-refractivity contribution is 5.60. The van der Waals surface area contributed by atoms with Crippen LogP contribution in [0.4, 0.5) is 4.79 Å². The van der Waals surface area contributed by atoms with Crippen LogP contribution < -0.4 is 0 Å². The third-order valence-corrected chi connectivity index (χ3v) is 2.88. The van der Waals surface area contributed by atoms with Crippen LogP contribution >= 0.6 is 0 Å². The summed E-state index contributed by atoms with van der Waals surface area (Å²) in [7, 11) is 1.28. The molecule has 0 N–H and O–H groups in total. The zero-order valence-corrected chi connectivity index (χ0v) is 12.4. The fourth-order valence-electron chi connectivity index (χ4n) is 1.89. The molecule has 0 saturated carbocycles. The van der Waals surface area contributed by atoms with E-state index in [4.69, 9.17) is 4.74 Å². The first-order valence-corrected chi connectivity index (χ1v) is 6.75. The van der Waals surface area contributed by atoms with Gasteiger partial charge in [0.25, 0.3) is 0 Å². The largest absolute Gasteiger partial charge is 0.509 e. The topological polar surface area (TPSA) is 35.5 Å². The molecule has 0 fully saturated rings. The lowest BCUT2D eigenvalue weighted by molar-refractivity contribution is 0.0471. The number of ether oxygens (including phenoxy) is 2. The third-order valence-electron chi connectivity index (χ3n) is 2.88. The van der Waals surface area contributed by atoms with E-state index in [-0.39, 0.29) is 5.92 Å². The molecule has 1 aromatic rings. The van der Waals surface area contributed by atoms with Crippen molar-refractivity contribution < 1.29 is 14.3 Å². The van der Waals surface area contributed by atoms with Crippen LogP contribution in [0.25, 0.3) is 0 Å². The molecule has 0 spiro atoms. The van der Waals surface area contributed by atoms with Crippen molar-refractivity contribution in [2.24, 2.45) is 0 Å². The Hall–Kier alpha value is -2.47. The molecule has 0 saturated heterocycles. The van der Waals surface area contributed by atoms with E-state index in [1.807, 2.05) is 43.3 Å². The Balaban J connectivity index is 3.08. The summed E-state index contributed by atoms with van der Waals surface area (Å²) in [5.74, 6) is 5.75. The lowest BCUT2D eigenvalue weighted by Crippen LogP contribution is -2.24. The van der Waals surface area contributed by atoms with E-state index in [1.165, 1.54) is 7.11 Å². The van der Waals surface area contributed by atoms with Crippen molar-refractivity contribution in [2.75, 3.05) is 7.11 Å². The van der Waals surface area contributed by atoms with Crippen molar-refractivity contribution in [1.29, 1.82) is 0 Å². The molecule has 0 amide bonds. The molecule has 2 atom stereocenters. The maximum Gasteiger partial charge on any atom is 0.509 e. The Morgan fingerprint density at radius 2 is 2.10 bits per heavy atom. The second-order valence-corrected chi connectivity index (χ2v) is 4.32. The summed E-state index contributed by atoms with van der Waals surface area (Å²) >= 11 is 0. The van der Waals surface area contributed by atoms with Gasteiger partial charge in [-0.3, -0.25) is 0 Å². The van der Waals surface area contributed by atoms with Gasteiger partial charge in [0.15, 0.2) is 6.10 Å². The normalized spacial score (nSPS) is 12.9. The average molecular weight is 284 g/mol. The number of carbonyl (C=O) groups is 1. The van der Waals surface area contributed by atoms with Gasteiger partial charge in [0.2, 0.25) is 0 Å². The summed E-state index contributed by atoms with van der Waals surface area (Å²) in [5.41, 5.74) is 1.04. The molecule has 3 nitrogen and oxygen atoms in total. The van der Waals surface area contributed by atoms with Gasteiger partial charge in [-0.15, -0.1) is 6.58 Å². The fourth-order valence-corrected chi connectivity index (χ4v) is 1.89. The first-order valence-electron chi connectivity index (χ1n) is 6.75. The number of hydrogen-bond donors (Lipinski definition) is 0. The predicted octanol–water partition coefficient (Wildman–Crippen LogP) is 4.08. The molecule has 0 heterocycles. The molecule has 110 valence electrons. The highest BCUT2D eigenvalue weighted by Crippen LogP contribution is 2.26. The van der Waals surface area contributed by atoms with Crippen LogP contribution in [0, 0.1) is 11.8 Å². The van der Waals surface area contributed by atoms with Gasteiger partial charge in [-0.05, 0) is 25.0 Å². The zero-order chi connectivity index (χ0) is 15.5. The van der Waals surface area contributed by atoms with Crippen LogP contribution in [0.15, 0.2) is 55.1 Å². The van der Waals surface area contributed by atoms with Crippen LogP contribution in [0.2, 0.25) is 0 Å². The summed E-state index contributed by atoms with van der Waals surface area (Å²) in [6, 6.07) is 9.80. The second kappa shape index (κ2) is 9.44. The highest BCUT2D eigenvalue weighted by Gasteiger charge is 2.24. The van der Waals surface area contributed by atoms with E-state index in [0.29, 0.717) is 6.42 Å². The van der Waals surface area contributed by atoms with Crippen LogP contribution in [0.1, 0.15) is 24.8 Å². The van der Waals surface area contributed by atoms with Gasteiger partial charge in [-0.25, -0.2) is 4.79 Å². The summed E-state index contributed by atoms with van der Waals surface area (Å²) in [6.45, 7) is 5.65. The molecule has 0 aromatic heterocycles. The number of benzene rings is 1. The van der Waals surface area contributed by atoms with Crippen LogP contribution in [0.5, 0.6) is 0 Å². The van der Waals surface area contributed by atoms with Crippen molar-refractivity contribution in [3.05, 3.63) is 60.7 Å². The maximum atomic E-state index is 11.4. The van der Waals surface area contributed by atoms with Crippen molar-refractivity contribution in [2.45, 2.75) is 25.4 Å². The lowest BCUT2D eigenvalue weighted by atomic mass is 9.90. The molecule has 3 heteroatoms. The minimum atomic E-state index is -0.736. The second-order valence-electron chi connectivity index (χ2n) is 4.32. The predicted molar refractivity (Wildman–Crippen MR) is 83.9 cm³/mol. The monoisotopic (exact) mass is 284 g/mol. The van der Waals surface area contributed by atoms with E-state index < -0.39 is 12.3 Å². The summed E-state index contributed by atoms with van der Waals surface area (Å²) < 4.78 is 9.88. The SMILES string of the molecule is C=CCC(c1ccccc1)C(C#CC=CC)OC(=O)OC. The number of rotatable bonds is 5. The van der Waals surface area contributed by atoms with Crippen LogP contribution in [-0.2, 0) is 9.47 Å². The van der Waals surface area contributed by atoms with E-state index in [9.17, 15) is 4.79 Å². The van der Waals surface area contributed by atoms with Gasteiger partial charge in [0, 0.05) is 5.92 Å². The Labute approximate surface area is 126 Å². The number of allylic oxidation sites excluding steroid dienone is 3. The highest BCUT2D eigenvalue weighted by atomic mass is 16.7. The van der Waals surface area contributed by atoms with E-state index in [1.54, 1.807) is 12.2 Å². The molecule has 0 aliphatic carbocycles. The van der Waals surface area contributed by atoms with Gasteiger partial charge < -0.3 is 9.47 Å². The van der Waals surface area contributed by atoms with Crippen LogP contribution in [0.3, 0.4) is 0 Å². The van der Waals surface area contributed by atoms with Crippen molar-refractivity contribution in [1.82, 2.24) is 0 Å². The average Bonchev–Trinajstić information content (AvgIpc) is 2.52. The van der Waals surface area contributed by atoms with E-state index in [2.05, 4.69) is 23.2 Å². The Morgan fingerprint density at radius 3 is 2.67 bits per heavy atom. The Morgan fingerprint density at radius 1 is 1.38 bits per heavy atom. The Kier molecular flexibility index (Phi) is 7.45. The van der Waals surface area contributed by atoms with Crippen molar-refractivity contribution in [3.63, 3.8) is 0 Å². The molecule has 0 aliphatic rings. The van der Waals surface area contributed by atoms with Gasteiger partial charge in [0.05, 0.1) is 7.11 Å². The lowest BCUT2D eigenvalue weighted by Gasteiger charge is -2.22. The number of methoxy groups -OCH3 is 1. The molecule has 21 heavy (non-hydrogen) atoms. The van der Waals surface area contributed by atoms with Crippen LogP contribution in [-0.4, -0.2) is 19.4 Å². The quantitative estimate of drug-likeness (QED) is 0.464. The number of hydrogen-bond acceptors (Lipinski definition) is 3. The molecule has 0 bridgehead atoms. The smallest absolute Gasteiger partial charge is 0.438 e. The minimum Gasteiger partial charge on any atom is -0.438 e. The molecular formula is C18H20O3. The van der Waals surface area contributed by atoms with Gasteiger partial charge in [-0.1, -0.05) is 54.3 Å². The molecule has 1 aromatic carbocycles. The summed E-state index contributed by atoms with van der Waals surface area (Å²) in [6.07, 6.45) is 4.66. The summed E-state index contributed by atoms with van der Waals surface area (Å²) in [5, 5.41) is 0. The minimum absolute atomic E-state index is 0.0828. The molecule has 0 radical (unpaired) electrons. The molecule has 1 rings (SSSR count). The van der Waals surface area contributed by atoms with Crippen molar-refractivity contribution >= 4 is 6.16 Å². The summed E-state index contributed by atoms with van der Waals surface area (Å²) in [4.78, 5) is 11.4. The number of carbonyl (C=O) groups excluding carboxylic acids is 1. The third kappa shape index (κ3) is 5.58. The van der Waals surface area contributed by atoms with Gasteiger partial charge in [-0.2, -0.15) is 0 Å². The van der Waals surface area contributed by atoms with E-state index >= 15 is 0 Å². The first kappa shape index (κ1) is 16.6. The van der Waals surface area contributed by atoms with Gasteiger partial charge in [0.1, 0.15) is 0 Å². The Bertz CT molecular complexity index is 535. The zero-order valence-electron chi connectivity index (χ0n) is 12.4. The first-order chi connectivity index (χ1) is 10.2.